The largest absolute Gasteiger partial charge is 0.462 e. The molecule has 0 aromatic heterocycles. The van der Waals surface area contributed by atoms with E-state index >= 15 is 0 Å². The second kappa shape index (κ2) is 20.8. The number of hydrogen-bond acceptors (Lipinski definition) is 2. The summed E-state index contributed by atoms with van der Waals surface area (Å²) in [5, 5.41) is 0. The summed E-state index contributed by atoms with van der Waals surface area (Å²) in [4.78, 5) is 11.3. The van der Waals surface area contributed by atoms with Gasteiger partial charge in [0.15, 0.2) is 0 Å². The SMILES string of the molecule is C=C(C)C(=O)OCCCCCCCCCC[N+](C)(CCCCCCCCCC)CC(C)C. The number of hydrogen-bond donors (Lipinski definition) is 0. The Bertz CT molecular complexity index is 460. The van der Waals surface area contributed by atoms with Gasteiger partial charge in [0, 0.05) is 11.5 Å². The maximum atomic E-state index is 11.3. The molecule has 32 heavy (non-hydrogen) atoms. The molecule has 0 bridgehead atoms. The third kappa shape index (κ3) is 19.8. The van der Waals surface area contributed by atoms with E-state index in [1.165, 1.54) is 114 Å². The minimum absolute atomic E-state index is 0.254. The summed E-state index contributed by atoms with van der Waals surface area (Å²) in [6.45, 7) is 16.9. The lowest BCUT2D eigenvalue weighted by Gasteiger charge is -2.36. The first-order chi connectivity index (χ1) is 15.3. The van der Waals surface area contributed by atoms with Crippen molar-refractivity contribution < 1.29 is 14.0 Å². The normalized spacial score (nSPS) is 13.3. The molecule has 0 amide bonds. The van der Waals surface area contributed by atoms with E-state index in [0.717, 1.165) is 18.8 Å². The molecule has 0 fully saturated rings. The van der Waals surface area contributed by atoms with Crippen LogP contribution in [-0.4, -0.2) is 43.7 Å². The smallest absolute Gasteiger partial charge is 0.333 e. The predicted molar refractivity (Wildman–Crippen MR) is 141 cm³/mol. The van der Waals surface area contributed by atoms with Crippen LogP contribution in [0.1, 0.15) is 130 Å². The summed E-state index contributed by atoms with van der Waals surface area (Å²) in [5.74, 6) is 0.527. The van der Waals surface area contributed by atoms with Crippen molar-refractivity contribution in [2.24, 2.45) is 5.92 Å². The number of rotatable bonds is 23. The highest BCUT2D eigenvalue weighted by Crippen LogP contribution is 2.16. The van der Waals surface area contributed by atoms with E-state index in [0.29, 0.717) is 12.2 Å². The Labute approximate surface area is 202 Å². The van der Waals surface area contributed by atoms with Gasteiger partial charge in [-0.15, -0.1) is 0 Å². The van der Waals surface area contributed by atoms with Gasteiger partial charge in [0.1, 0.15) is 0 Å². The van der Waals surface area contributed by atoms with Crippen LogP contribution in [0.5, 0.6) is 0 Å². The molecule has 0 aromatic carbocycles. The third-order valence-electron chi connectivity index (χ3n) is 6.53. The Morgan fingerprint density at radius 3 is 1.56 bits per heavy atom. The highest BCUT2D eigenvalue weighted by molar-refractivity contribution is 5.86. The summed E-state index contributed by atoms with van der Waals surface area (Å²) in [5.41, 5.74) is 0.492. The van der Waals surface area contributed by atoms with Crippen LogP contribution in [0.3, 0.4) is 0 Å². The summed E-state index contributed by atoms with van der Waals surface area (Å²) in [6, 6.07) is 0. The Morgan fingerprint density at radius 1 is 0.750 bits per heavy atom. The molecule has 0 saturated carbocycles. The number of carbonyl (C=O) groups is 1. The van der Waals surface area contributed by atoms with Crippen molar-refractivity contribution in [2.75, 3.05) is 33.3 Å². The second-order valence-electron chi connectivity index (χ2n) is 10.9. The first-order valence-electron chi connectivity index (χ1n) is 14.0. The van der Waals surface area contributed by atoms with E-state index in [2.05, 4.69) is 34.4 Å². The van der Waals surface area contributed by atoms with E-state index in [1.54, 1.807) is 6.92 Å². The summed E-state index contributed by atoms with van der Waals surface area (Å²) in [6.07, 6.45) is 21.5. The fourth-order valence-corrected chi connectivity index (χ4v) is 4.75. The number of carbonyl (C=O) groups excluding carboxylic acids is 1. The summed E-state index contributed by atoms with van der Waals surface area (Å²) < 4.78 is 6.42. The Hall–Kier alpha value is -0.830. The first-order valence-corrected chi connectivity index (χ1v) is 14.0. The van der Waals surface area contributed by atoms with Crippen LogP contribution in [0.2, 0.25) is 0 Å². The number of unbranched alkanes of at least 4 members (excludes halogenated alkanes) is 14. The summed E-state index contributed by atoms with van der Waals surface area (Å²) >= 11 is 0. The zero-order valence-electron chi connectivity index (χ0n) is 22.7. The fourth-order valence-electron chi connectivity index (χ4n) is 4.75. The van der Waals surface area contributed by atoms with Crippen LogP contribution < -0.4 is 0 Å². The molecule has 0 aliphatic carbocycles. The van der Waals surface area contributed by atoms with Crippen LogP contribution in [0.15, 0.2) is 12.2 Å². The molecule has 0 heterocycles. The molecule has 0 spiro atoms. The second-order valence-corrected chi connectivity index (χ2v) is 10.9. The van der Waals surface area contributed by atoms with Crippen molar-refractivity contribution in [3.8, 4) is 0 Å². The van der Waals surface area contributed by atoms with Crippen LogP contribution in [0.4, 0.5) is 0 Å². The van der Waals surface area contributed by atoms with E-state index in [9.17, 15) is 4.79 Å². The lowest BCUT2D eigenvalue weighted by molar-refractivity contribution is -0.912. The molecule has 3 heteroatoms. The molecule has 190 valence electrons. The highest BCUT2D eigenvalue weighted by Gasteiger charge is 2.22. The topological polar surface area (TPSA) is 26.3 Å². The lowest BCUT2D eigenvalue weighted by Crippen LogP contribution is -2.48. The standard InChI is InChI=1S/C29H58NO2/c1-7-8-9-10-11-14-17-20-23-30(6,26-27(2)3)24-21-18-15-12-13-16-19-22-25-32-29(31)28(4)5/h27H,4,7-26H2,1-3,5-6H3/q+1. The van der Waals surface area contributed by atoms with E-state index in [4.69, 9.17) is 4.74 Å². The Kier molecular flexibility index (Phi) is 20.2. The molecule has 0 aliphatic heterocycles. The highest BCUT2D eigenvalue weighted by atomic mass is 16.5. The van der Waals surface area contributed by atoms with Crippen LogP contribution in [0.25, 0.3) is 0 Å². The summed E-state index contributed by atoms with van der Waals surface area (Å²) in [7, 11) is 2.50. The van der Waals surface area contributed by atoms with Gasteiger partial charge in [-0.05, 0) is 39.0 Å². The molecule has 1 unspecified atom stereocenters. The van der Waals surface area contributed by atoms with Crippen molar-refractivity contribution in [1.29, 1.82) is 0 Å². The molecular weight excluding hydrogens is 394 g/mol. The molecule has 0 saturated heterocycles. The molecule has 0 aliphatic rings. The maximum Gasteiger partial charge on any atom is 0.333 e. The van der Waals surface area contributed by atoms with Gasteiger partial charge in [0.25, 0.3) is 0 Å². The van der Waals surface area contributed by atoms with Crippen LogP contribution in [-0.2, 0) is 9.53 Å². The van der Waals surface area contributed by atoms with E-state index in [-0.39, 0.29) is 5.97 Å². The number of quaternary nitrogens is 1. The Balaban J connectivity index is 3.76. The number of ether oxygens (including phenoxy) is 1. The number of nitrogens with zero attached hydrogens (tertiary/aromatic N) is 1. The average Bonchev–Trinajstić information content (AvgIpc) is 2.73. The lowest BCUT2D eigenvalue weighted by atomic mass is 10.1. The molecule has 3 nitrogen and oxygen atoms in total. The van der Waals surface area contributed by atoms with Gasteiger partial charge in [-0.25, -0.2) is 4.79 Å². The monoisotopic (exact) mass is 452 g/mol. The minimum atomic E-state index is -0.254. The van der Waals surface area contributed by atoms with Crippen LogP contribution in [0, 0.1) is 5.92 Å². The molecule has 0 aromatic rings. The molecule has 0 rings (SSSR count). The van der Waals surface area contributed by atoms with Gasteiger partial charge in [-0.2, -0.15) is 0 Å². The zero-order valence-corrected chi connectivity index (χ0v) is 22.7. The molecule has 0 N–H and O–H groups in total. The fraction of sp³-hybridized carbons (Fsp3) is 0.897. The van der Waals surface area contributed by atoms with Gasteiger partial charge in [-0.1, -0.05) is 98.0 Å². The van der Waals surface area contributed by atoms with Crippen molar-refractivity contribution in [3.05, 3.63) is 12.2 Å². The average molecular weight is 453 g/mol. The van der Waals surface area contributed by atoms with Gasteiger partial charge in [0.2, 0.25) is 0 Å². The Morgan fingerprint density at radius 2 is 1.16 bits per heavy atom. The van der Waals surface area contributed by atoms with Gasteiger partial charge in [0.05, 0.1) is 33.3 Å². The van der Waals surface area contributed by atoms with Gasteiger partial charge < -0.3 is 9.22 Å². The van der Waals surface area contributed by atoms with Gasteiger partial charge >= 0.3 is 5.97 Å². The van der Waals surface area contributed by atoms with Crippen molar-refractivity contribution in [1.82, 2.24) is 0 Å². The number of esters is 1. The first kappa shape index (κ1) is 31.2. The maximum absolute atomic E-state index is 11.3. The third-order valence-corrected chi connectivity index (χ3v) is 6.53. The van der Waals surface area contributed by atoms with E-state index < -0.39 is 0 Å². The van der Waals surface area contributed by atoms with Crippen molar-refractivity contribution >= 4 is 5.97 Å². The molecule has 0 radical (unpaired) electrons. The van der Waals surface area contributed by atoms with Crippen molar-refractivity contribution in [3.63, 3.8) is 0 Å². The van der Waals surface area contributed by atoms with Crippen LogP contribution >= 0.6 is 0 Å². The zero-order chi connectivity index (χ0) is 24.1. The molecule has 1 atom stereocenters. The van der Waals surface area contributed by atoms with Crippen molar-refractivity contribution in [2.45, 2.75) is 130 Å². The molecular formula is C29H58NO2+. The predicted octanol–water partition coefficient (Wildman–Crippen LogP) is 8.47. The van der Waals surface area contributed by atoms with E-state index in [1.807, 2.05) is 0 Å². The minimum Gasteiger partial charge on any atom is -0.462 e. The van der Waals surface area contributed by atoms with Gasteiger partial charge in [-0.3, -0.25) is 0 Å². The quantitative estimate of drug-likeness (QED) is 0.0672.